The second-order valence-electron chi connectivity index (χ2n) is 37.4. The molecule has 0 radical (unpaired) electrons. The molecule has 0 spiro atoms. The highest BCUT2D eigenvalue weighted by molar-refractivity contribution is 7.27. The van der Waals surface area contributed by atoms with Crippen LogP contribution in [0.4, 0.5) is 0 Å². The van der Waals surface area contributed by atoms with Crippen LogP contribution in [0, 0.1) is 0 Å². The Kier molecular flexibility index (Phi) is 15.3. The van der Waals surface area contributed by atoms with Gasteiger partial charge in [-0.05, 0) is 121 Å². The van der Waals surface area contributed by atoms with Crippen molar-refractivity contribution in [3.8, 4) is 0 Å². The maximum atomic E-state index is 6.59. The van der Waals surface area contributed by atoms with Gasteiger partial charge in [0.2, 0.25) is 0 Å². The summed E-state index contributed by atoms with van der Waals surface area (Å²) in [7, 11) is 0. The largest absolute Gasteiger partial charge is 0.456 e. The lowest BCUT2D eigenvalue weighted by molar-refractivity contribution is 0.669. The van der Waals surface area contributed by atoms with Crippen LogP contribution in [0.1, 0.15) is 0 Å². The zero-order valence-electron chi connectivity index (χ0n) is 74.3. The summed E-state index contributed by atoms with van der Waals surface area (Å²) in [4.78, 5) is 0. The standard InChI is InChI=1S/4C32H17NOS/c1-2-8-19-18(7-1)17-33-24-15-13-21-20-9-4-6-12-27(20)35-32(21)30(24)29-23(31(19)33)14-16-26-28(29)22-10-3-5-11-25(22)34-26;1-2-8-19-18(7-1)17-33-25-15-23-20-9-4-6-12-28(20)35-29(23)16-24(25)30-22(32(19)33)13-14-27-31(30)21-10-3-5-11-26(21)34-27;1-2-8-19-18(7-1)17-33-26-15-24-21-10-4-6-12-28(21)35-29(24)16-25(26)30-23(31(19)33)14-13-22-20-9-3-5-11-27(20)34-32(22)30;1-2-8-19-18(7-1)17-33-30(19)23-14-13-21-20-9-3-5-11-25(20)34-32(21)28(23)24-15-16-27-29(31(24)33)22-10-4-6-12-26(22)35-27/h4*1-17H. The normalized spacial score (nSPS) is 12.6. The van der Waals surface area contributed by atoms with Crippen molar-refractivity contribution >= 4 is 366 Å². The molecule has 0 fully saturated rings. The third-order valence-electron chi connectivity index (χ3n) is 30.2. The average Bonchev–Trinajstić information content (AvgIpc) is 1.53. The van der Waals surface area contributed by atoms with Crippen molar-refractivity contribution in [1.82, 2.24) is 17.6 Å². The van der Waals surface area contributed by atoms with E-state index >= 15 is 0 Å². The van der Waals surface area contributed by atoms with Crippen molar-refractivity contribution < 1.29 is 17.7 Å². The molecule has 0 saturated heterocycles. The van der Waals surface area contributed by atoms with Gasteiger partial charge in [-0.1, -0.05) is 267 Å². The van der Waals surface area contributed by atoms with Crippen molar-refractivity contribution in [3.63, 3.8) is 0 Å². The number of thiophene rings is 4. The number of furan rings is 4. The number of fused-ring (bicyclic) bond motifs is 62. The van der Waals surface area contributed by atoms with Crippen molar-refractivity contribution in [2.45, 2.75) is 0 Å². The first kappa shape index (κ1) is 75.9. The molecule has 0 aliphatic carbocycles. The highest BCUT2D eigenvalue weighted by Gasteiger charge is 2.28. The predicted octanol–water partition coefficient (Wildman–Crippen LogP) is 38.7. The van der Waals surface area contributed by atoms with Gasteiger partial charge in [-0.3, -0.25) is 0 Å². The molecule has 140 heavy (non-hydrogen) atoms. The monoisotopic (exact) mass is 1850 g/mol. The SMILES string of the molecule is c1ccc2c(c1)cn1c2c2ccc3c4ccccc4oc3c2c2ccc3sc4ccccc4c3c21.c1ccc2c(c1)cn1c3cc4c(cc3c3c(ccc5c6ccccc6oc53)c21)sc1ccccc14.c1ccc2c(c1)cn1c3cc4c(cc3c3c(ccc5oc6ccccc6c53)c21)sc1ccccc14.c1ccc2c(c1)cn1c3ccc4c5ccccc5sc4c3c3c(ccc4oc5ccccc5c43)c21. The Balaban J connectivity index is 0.0000000829. The van der Waals surface area contributed by atoms with Gasteiger partial charge in [0.05, 0.1) is 44.1 Å². The molecule has 0 N–H and O–H groups in total. The van der Waals surface area contributed by atoms with Crippen LogP contribution in [0.2, 0.25) is 0 Å². The first-order valence-corrected chi connectivity index (χ1v) is 50.7. The van der Waals surface area contributed by atoms with E-state index in [-0.39, 0.29) is 0 Å². The zero-order chi connectivity index (χ0) is 90.7. The second kappa shape index (κ2) is 28.2. The molecule has 0 amide bonds. The summed E-state index contributed by atoms with van der Waals surface area (Å²) in [5, 5.41) is 45.1. The molecule has 20 aromatic carbocycles. The molecule has 0 aliphatic rings. The zero-order valence-corrected chi connectivity index (χ0v) is 77.6. The summed E-state index contributed by atoms with van der Waals surface area (Å²) >= 11 is 7.50. The van der Waals surface area contributed by atoms with Crippen molar-refractivity contribution in [3.05, 3.63) is 413 Å². The number of pyridine rings is 4. The fourth-order valence-electron chi connectivity index (χ4n) is 24.3. The highest BCUT2D eigenvalue weighted by atomic mass is 32.1. The van der Waals surface area contributed by atoms with E-state index < -0.39 is 0 Å². The topological polar surface area (TPSA) is 70.2 Å². The Morgan fingerprint density at radius 3 is 0.986 bits per heavy atom. The molecule has 0 atom stereocenters. The molecule has 648 valence electrons. The molecule has 0 bridgehead atoms. The van der Waals surface area contributed by atoms with Crippen molar-refractivity contribution in [2.24, 2.45) is 0 Å². The first-order valence-electron chi connectivity index (χ1n) is 47.4. The summed E-state index contributed by atoms with van der Waals surface area (Å²) < 4.78 is 46.1. The highest BCUT2D eigenvalue weighted by Crippen LogP contribution is 2.54. The third-order valence-corrected chi connectivity index (χ3v) is 34.8. The number of benzene rings is 20. The second-order valence-corrected chi connectivity index (χ2v) is 41.7. The van der Waals surface area contributed by atoms with Crippen molar-refractivity contribution in [2.75, 3.05) is 0 Å². The predicted molar refractivity (Wildman–Crippen MR) is 600 cm³/mol. The van der Waals surface area contributed by atoms with E-state index in [0.717, 1.165) is 44.7 Å². The summed E-state index contributed by atoms with van der Waals surface area (Å²) in [6.07, 6.45) is 9.19. The summed E-state index contributed by atoms with van der Waals surface area (Å²) in [6, 6.07) is 140. The van der Waals surface area contributed by atoms with Gasteiger partial charge in [-0.2, -0.15) is 0 Å². The van der Waals surface area contributed by atoms with Crippen molar-refractivity contribution in [1.29, 1.82) is 0 Å². The van der Waals surface area contributed by atoms with E-state index in [1.54, 1.807) is 0 Å². The van der Waals surface area contributed by atoms with E-state index in [1.807, 2.05) is 69.6 Å². The molecule has 0 saturated carbocycles. The number of hydrogen-bond acceptors (Lipinski definition) is 8. The minimum Gasteiger partial charge on any atom is -0.456 e. The maximum absolute atomic E-state index is 6.59. The van der Waals surface area contributed by atoms with Crippen LogP contribution in [0.5, 0.6) is 0 Å². The summed E-state index contributed by atoms with van der Waals surface area (Å²) in [5.41, 5.74) is 17.5. The Bertz CT molecular complexity index is 11900. The molecule has 0 aliphatic heterocycles. The average molecular weight is 1850 g/mol. The van der Waals surface area contributed by atoms with Gasteiger partial charge < -0.3 is 35.3 Å². The number of hydrogen-bond donors (Lipinski definition) is 0. The lowest BCUT2D eigenvalue weighted by Crippen LogP contribution is -1.91. The Morgan fingerprint density at radius 2 is 0.479 bits per heavy atom. The van der Waals surface area contributed by atoms with Crippen LogP contribution >= 0.6 is 45.3 Å². The fraction of sp³-hybridized carbons (Fsp3) is 0. The number of rotatable bonds is 0. The van der Waals surface area contributed by atoms with E-state index in [2.05, 4.69) is 406 Å². The Labute approximate surface area is 807 Å². The van der Waals surface area contributed by atoms with E-state index in [1.165, 1.54) is 276 Å². The van der Waals surface area contributed by atoms with Gasteiger partial charge in [0, 0.05) is 256 Å². The lowest BCUT2D eigenvalue weighted by Gasteiger charge is -2.12. The number of nitrogens with zero attached hydrogens (tertiary/aromatic N) is 4. The molecule has 36 rings (SSSR count). The summed E-state index contributed by atoms with van der Waals surface area (Å²) in [5.74, 6) is 0. The smallest absolute Gasteiger partial charge is 0.144 e. The molecule has 0 unspecified atom stereocenters. The maximum Gasteiger partial charge on any atom is 0.144 e. The van der Waals surface area contributed by atoms with Crippen LogP contribution in [-0.4, -0.2) is 17.6 Å². The van der Waals surface area contributed by atoms with Crippen LogP contribution in [-0.2, 0) is 0 Å². The van der Waals surface area contributed by atoms with E-state index in [9.17, 15) is 0 Å². The number of aromatic nitrogens is 4. The molecule has 8 nitrogen and oxygen atoms in total. The van der Waals surface area contributed by atoms with Gasteiger partial charge in [0.15, 0.2) is 0 Å². The van der Waals surface area contributed by atoms with Gasteiger partial charge in [-0.25, -0.2) is 0 Å². The van der Waals surface area contributed by atoms with Gasteiger partial charge >= 0.3 is 0 Å². The Hall–Kier alpha value is -17.4. The van der Waals surface area contributed by atoms with E-state index in [0.29, 0.717) is 0 Å². The molecule has 16 heterocycles. The first-order chi connectivity index (χ1) is 69.4. The third kappa shape index (κ3) is 10.3. The molecule has 16 aromatic heterocycles. The minimum atomic E-state index is 0.935. The van der Waals surface area contributed by atoms with Crippen LogP contribution in [0.25, 0.3) is 320 Å². The lowest BCUT2D eigenvalue weighted by atomic mass is 9.97. The summed E-state index contributed by atoms with van der Waals surface area (Å²) in [6.45, 7) is 0. The van der Waals surface area contributed by atoms with Gasteiger partial charge in [0.25, 0.3) is 0 Å². The molecular formula is C128H68N4O4S4. The van der Waals surface area contributed by atoms with Gasteiger partial charge in [-0.15, -0.1) is 45.3 Å². The van der Waals surface area contributed by atoms with Crippen LogP contribution in [0.3, 0.4) is 0 Å². The van der Waals surface area contributed by atoms with Gasteiger partial charge in [0.1, 0.15) is 44.7 Å². The number of para-hydroxylation sites is 4. The fourth-order valence-corrected chi connectivity index (χ4v) is 29.0. The van der Waals surface area contributed by atoms with Crippen LogP contribution < -0.4 is 0 Å². The quantitative estimate of drug-likeness (QED) is 0.142. The van der Waals surface area contributed by atoms with Crippen LogP contribution in [0.15, 0.2) is 431 Å². The minimum absolute atomic E-state index is 0.935. The molecule has 12 heteroatoms. The Morgan fingerprint density at radius 1 is 0.150 bits per heavy atom. The molecular weight excluding hydrogens is 1790 g/mol. The molecule has 36 aromatic rings. The van der Waals surface area contributed by atoms with E-state index in [4.69, 9.17) is 17.7 Å².